The Balaban J connectivity index is 2.15. The lowest BCUT2D eigenvalue weighted by Crippen LogP contribution is -2.17. The quantitative estimate of drug-likeness (QED) is 0.767. The lowest BCUT2D eigenvalue weighted by atomic mass is 10.2. The number of hydrogen-bond donors (Lipinski definition) is 2. The first-order valence-electron chi connectivity index (χ1n) is 4.76. The smallest absolute Gasteiger partial charge is 0.331 e. The molecule has 16 heavy (non-hydrogen) atoms. The molecule has 82 valence electrons. The number of nitrogens with zero attached hydrogens (tertiary/aromatic N) is 2. The number of nitrogens with one attached hydrogen (secondary N) is 1. The van der Waals surface area contributed by atoms with Gasteiger partial charge in [0.05, 0.1) is 0 Å². The molecule has 1 aromatic heterocycles. The minimum Gasteiger partial charge on any atom is -0.508 e. The van der Waals surface area contributed by atoms with Crippen molar-refractivity contribution in [3.8, 4) is 5.75 Å². The lowest BCUT2D eigenvalue weighted by molar-refractivity contribution is 0.253. The summed E-state index contributed by atoms with van der Waals surface area (Å²) in [6, 6.07) is 4.65. The van der Waals surface area contributed by atoms with Crippen LogP contribution in [-0.4, -0.2) is 20.7 Å². The highest BCUT2D eigenvalue weighted by Gasteiger charge is 2.05. The second kappa shape index (κ2) is 4.06. The molecule has 0 atom stereocenters. The summed E-state index contributed by atoms with van der Waals surface area (Å²) in [4.78, 5) is 15.4. The number of imidazole rings is 1. The number of benzene rings is 1. The van der Waals surface area contributed by atoms with Gasteiger partial charge in [-0.2, -0.15) is 0 Å². The first-order valence-corrected chi connectivity index (χ1v) is 4.76. The molecular weight excluding hydrogens is 206 g/mol. The van der Waals surface area contributed by atoms with E-state index in [9.17, 15) is 9.90 Å². The van der Waals surface area contributed by atoms with Crippen molar-refractivity contribution in [3.05, 3.63) is 42.5 Å². The molecule has 0 unspecified atom stereocenters. The summed E-state index contributed by atoms with van der Waals surface area (Å²) in [6.07, 6.45) is 4.47. The van der Waals surface area contributed by atoms with Crippen molar-refractivity contribution in [1.29, 1.82) is 0 Å². The Bertz CT molecular complexity index is 506. The first kappa shape index (κ1) is 10.2. The zero-order chi connectivity index (χ0) is 11.5. The highest BCUT2D eigenvalue weighted by molar-refractivity contribution is 5.91. The Hall–Kier alpha value is -2.30. The summed E-state index contributed by atoms with van der Waals surface area (Å²) in [5, 5.41) is 12.1. The third-order valence-corrected chi connectivity index (χ3v) is 2.20. The van der Waals surface area contributed by atoms with E-state index >= 15 is 0 Å². The molecule has 2 rings (SSSR count). The zero-order valence-electron chi connectivity index (χ0n) is 8.71. The number of hydrogen-bond acceptors (Lipinski definition) is 3. The largest absolute Gasteiger partial charge is 0.508 e. The molecule has 0 saturated carbocycles. The van der Waals surface area contributed by atoms with E-state index in [-0.39, 0.29) is 11.8 Å². The summed E-state index contributed by atoms with van der Waals surface area (Å²) in [5.41, 5.74) is 1.31. The number of anilines is 1. The molecule has 5 heteroatoms. The number of phenolic OH excluding ortho intramolecular Hbond substituents is 1. The molecule has 0 fully saturated rings. The first-order chi connectivity index (χ1) is 7.66. The molecule has 0 bridgehead atoms. The number of aromatic nitrogens is 2. The van der Waals surface area contributed by atoms with Gasteiger partial charge in [0.25, 0.3) is 0 Å². The summed E-state index contributed by atoms with van der Waals surface area (Å²) in [7, 11) is 0. The molecule has 0 aliphatic heterocycles. The lowest BCUT2D eigenvalue weighted by Gasteiger charge is -2.06. The van der Waals surface area contributed by atoms with Crippen LogP contribution in [0.3, 0.4) is 0 Å². The minimum absolute atomic E-state index is 0.156. The Morgan fingerprint density at radius 2 is 2.31 bits per heavy atom. The molecule has 0 saturated heterocycles. The maximum Gasteiger partial charge on any atom is 0.331 e. The molecule has 2 N–H and O–H groups in total. The van der Waals surface area contributed by atoms with Crippen molar-refractivity contribution in [2.24, 2.45) is 0 Å². The highest BCUT2D eigenvalue weighted by atomic mass is 16.3. The van der Waals surface area contributed by atoms with Crippen LogP contribution in [0.4, 0.5) is 10.5 Å². The van der Waals surface area contributed by atoms with Gasteiger partial charge in [-0.25, -0.2) is 9.78 Å². The number of aryl methyl sites for hydroxylation is 1. The van der Waals surface area contributed by atoms with Crippen LogP contribution < -0.4 is 5.32 Å². The van der Waals surface area contributed by atoms with E-state index in [2.05, 4.69) is 10.3 Å². The van der Waals surface area contributed by atoms with Crippen LogP contribution in [0, 0.1) is 6.92 Å². The molecule has 1 aromatic carbocycles. The molecule has 0 aliphatic carbocycles. The Kier molecular flexibility index (Phi) is 2.59. The maximum atomic E-state index is 11.6. The molecule has 5 nitrogen and oxygen atoms in total. The number of amides is 1. The van der Waals surface area contributed by atoms with Gasteiger partial charge >= 0.3 is 6.03 Å². The van der Waals surface area contributed by atoms with Crippen LogP contribution in [0.15, 0.2) is 36.9 Å². The monoisotopic (exact) mass is 217 g/mol. The van der Waals surface area contributed by atoms with E-state index in [1.807, 2.05) is 0 Å². The predicted molar refractivity (Wildman–Crippen MR) is 59.5 cm³/mol. The van der Waals surface area contributed by atoms with Crippen molar-refractivity contribution in [2.45, 2.75) is 6.92 Å². The van der Waals surface area contributed by atoms with Gasteiger partial charge in [-0.1, -0.05) is 6.07 Å². The number of carbonyl (C=O) groups excluding carboxylic acids is 1. The minimum atomic E-state index is -0.319. The summed E-state index contributed by atoms with van der Waals surface area (Å²) in [5.74, 6) is 0.156. The number of carbonyl (C=O) groups is 1. The molecule has 1 heterocycles. The second-order valence-corrected chi connectivity index (χ2v) is 3.40. The number of phenols is 1. The van der Waals surface area contributed by atoms with Gasteiger partial charge in [-0.05, 0) is 18.6 Å². The van der Waals surface area contributed by atoms with Gasteiger partial charge in [0, 0.05) is 24.1 Å². The fraction of sp³-hybridized carbons (Fsp3) is 0.0909. The molecule has 0 radical (unpaired) electrons. The third kappa shape index (κ3) is 2.03. The summed E-state index contributed by atoms with van der Waals surface area (Å²) < 4.78 is 1.32. The van der Waals surface area contributed by atoms with Crippen LogP contribution in [0.25, 0.3) is 0 Å². The van der Waals surface area contributed by atoms with Crippen molar-refractivity contribution in [2.75, 3.05) is 5.32 Å². The van der Waals surface area contributed by atoms with Gasteiger partial charge < -0.3 is 10.4 Å². The van der Waals surface area contributed by atoms with Gasteiger partial charge in [-0.15, -0.1) is 0 Å². The molecular formula is C11H11N3O2. The van der Waals surface area contributed by atoms with E-state index in [1.165, 1.54) is 23.2 Å². The SMILES string of the molecule is Cc1ccc(NC(=O)n2ccnc2)cc1O. The van der Waals surface area contributed by atoms with Crippen molar-refractivity contribution >= 4 is 11.7 Å². The molecule has 0 aliphatic rings. The second-order valence-electron chi connectivity index (χ2n) is 3.40. The Morgan fingerprint density at radius 3 is 2.94 bits per heavy atom. The van der Waals surface area contributed by atoms with E-state index in [0.717, 1.165) is 5.56 Å². The van der Waals surface area contributed by atoms with Gasteiger partial charge in [-0.3, -0.25) is 4.57 Å². The standard InChI is InChI=1S/C11H11N3O2/c1-8-2-3-9(6-10(8)15)13-11(16)14-5-4-12-7-14/h2-7,15H,1H3,(H,13,16). The molecule has 1 amide bonds. The van der Waals surface area contributed by atoms with Crippen molar-refractivity contribution < 1.29 is 9.90 Å². The van der Waals surface area contributed by atoms with Crippen molar-refractivity contribution in [1.82, 2.24) is 9.55 Å². The van der Waals surface area contributed by atoms with Crippen LogP contribution >= 0.6 is 0 Å². The fourth-order valence-electron chi connectivity index (χ4n) is 1.25. The van der Waals surface area contributed by atoms with Crippen molar-refractivity contribution in [3.63, 3.8) is 0 Å². The summed E-state index contributed by atoms with van der Waals surface area (Å²) in [6.45, 7) is 1.79. The van der Waals surface area contributed by atoms with Crippen LogP contribution in [0.2, 0.25) is 0 Å². The number of rotatable bonds is 1. The third-order valence-electron chi connectivity index (χ3n) is 2.20. The average Bonchev–Trinajstić information content (AvgIpc) is 2.77. The van der Waals surface area contributed by atoms with Gasteiger partial charge in [0.2, 0.25) is 0 Å². The normalized spacial score (nSPS) is 10.1. The predicted octanol–water partition coefficient (Wildman–Crippen LogP) is 1.98. The Labute approximate surface area is 92.4 Å². The molecule has 0 spiro atoms. The highest BCUT2D eigenvalue weighted by Crippen LogP contribution is 2.20. The topological polar surface area (TPSA) is 67.2 Å². The van der Waals surface area contributed by atoms with Crippen LogP contribution in [0.1, 0.15) is 5.56 Å². The van der Waals surface area contributed by atoms with E-state index in [4.69, 9.17) is 0 Å². The van der Waals surface area contributed by atoms with E-state index in [1.54, 1.807) is 25.3 Å². The van der Waals surface area contributed by atoms with E-state index in [0.29, 0.717) is 5.69 Å². The Morgan fingerprint density at radius 1 is 1.50 bits per heavy atom. The zero-order valence-corrected chi connectivity index (χ0v) is 8.71. The van der Waals surface area contributed by atoms with Crippen LogP contribution in [-0.2, 0) is 0 Å². The number of aromatic hydroxyl groups is 1. The van der Waals surface area contributed by atoms with Gasteiger partial charge in [0.1, 0.15) is 12.1 Å². The fourth-order valence-corrected chi connectivity index (χ4v) is 1.25. The molecule has 2 aromatic rings. The average molecular weight is 217 g/mol. The van der Waals surface area contributed by atoms with E-state index < -0.39 is 0 Å². The maximum absolute atomic E-state index is 11.6. The summed E-state index contributed by atoms with van der Waals surface area (Å²) >= 11 is 0. The van der Waals surface area contributed by atoms with Gasteiger partial charge in [0.15, 0.2) is 0 Å². The van der Waals surface area contributed by atoms with Crippen LogP contribution in [0.5, 0.6) is 5.75 Å².